The molecule has 0 atom stereocenters. The van der Waals surface area contributed by atoms with Gasteiger partial charge in [0, 0.05) is 11.1 Å². The number of carbonyl (C=O) groups is 3. The molecule has 0 radical (unpaired) electrons. The van der Waals surface area contributed by atoms with Gasteiger partial charge in [0.2, 0.25) is 0 Å². The van der Waals surface area contributed by atoms with Crippen molar-refractivity contribution in [1.29, 1.82) is 0 Å². The molecule has 0 amide bonds. The topological polar surface area (TPSA) is 133 Å². The predicted octanol–water partition coefficient (Wildman–Crippen LogP) is -1.05. The van der Waals surface area contributed by atoms with Crippen LogP contribution in [0.4, 0.5) is 0 Å². The number of hydrogen-bond acceptors (Lipinski definition) is 8. The number of ether oxygens (including phenoxy) is 3. The minimum absolute atomic E-state index is 0. The minimum Gasteiger partial charge on any atom is -1.00 e. The van der Waals surface area contributed by atoms with E-state index in [4.69, 9.17) is 18.8 Å². The first-order chi connectivity index (χ1) is 12.9. The Morgan fingerprint density at radius 3 is 1.76 bits per heavy atom. The van der Waals surface area contributed by atoms with Crippen LogP contribution in [0.1, 0.15) is 41.0 Å². The average molecular weight is 444 g/mol. The van der Waals surface area contributed by atoms with Crippen molar-refractivity contribution >= 4 is 28.0 Å². The maximum absolute atomic E-state index is 12.2. The maximum Gasteiger partial charge on any atom is 1.00 e. The molecular weight excluding hydrogens is 415 g/mol. The fourth-order valence-electron chi connectivity index (χ4n) is 1.81. The number of unbranched alkanes of at least 4 members (excludes halogenated alkanes) is 3. The summed E-state index contributed by atoms with van der Waals surface area (Å²) in [5.41, 5.74) is 0.326. The van der Waals surface area contributed by atoms with E-state index in [2.05, 4.69) is 13.2 Å². The van der Waals surface area contributed by atoms with Gasteiger partial charge in [0.05, 0.1) is 12.4 Å². The third kappa shape index (κ3) is 16.3. The van der Waals surface area contributed by atoms with Gasteiger partial charge in [-0.1, -0.05) is 26.0 Å². The molecule has 0 heterocycles. The molecule has 0 rings (SSSR count). The maximum atomic E-state index is 12.2. The fraction of sp³-hybridized carbons (Fsp3) is 0.611. The standard InChI is InChI=1S/C18H28O9S.Na.H/c1-13(2)16(19)26-11-15(12-27-17(20)14(3)4)18(21)25-9-7-5-6-8-10-28(22,23)24;;/h15H,1,3,5-12H2,2,4H3,(H,22,23,24);;/q;+1;-1. The zero-order chi connectivity index (χ0) is 21.7. The second-order valence-corrected chi connectivity index (χ2v) is 7.89. The summed E-state index contributed by atoms with van der Waals surface area (Å²) in [5.74, 6) is -3.35. The van der Waals surface area contributed by atoms with E-state index >= 15 is 0 Å². The summed E-state index contributed by atoms with van der Waals surface area (Å²) in [6.45, 7) is 9.19. The SMILES string of the molecule is C=C(C)C(=O)OCC(COC(=O)C(=C)C)C(=O)OCCCCCCS(=O)(=O)O.[H-].[Na+]. The molecule has 0 spiro atoms. The molecule has 9 nitrogen and oxygen atoms in total. The van der Waals surface area contributed by atoms with Crippen LogP contribution in [0, 0.1) is 5.92 Å². The van der Waals surface area contributed by atoms with Crippen molar-refractivity contribution in [1.82, 2.24) is 0 Å². The zero-order valence-corrected chi connectivity index (χ0v) is 20.1. The third-order valence-corrected chi connectivity index (χ3v) is 4.21. The van der Waals surface area contributed by atoms with Gasteiger partial charge >= 0.3 is 47.5 Å². The Morgan fingerprint density at radius 2 is 1.34 bits per heavy atom. The van der Waals surface area contributed by atoms with E-state index in [0.717, 1.165) is 0 Å². The molecule has 11 heteroatoms. The summed E-state index contributed by atoms with van der Waals surface area (Å²) in [4.78, 5) is 35.1. The average Bonchev–Trinajstić information content (AvgIpc) is 2.58. The van der Waals surface area contributed by atoms with Crippen molar-refractivity contribution in [3.63, 3.8) is 0 Å². The number of rotatable bonds is 14. The molecule has 0 unspecified atom stereocenters. The summed E-state index contributed by atoms with van der Waals surface area (Å²) in [6, 6.07) is 0. The van der Waals surface area contributed by atoms with Crippen LogP contribution in [0.5, 0.6) is 0 Å². The second kappa shape index (κ2) is 15.6. The molecular formula is C18H29NaO9S. The summed E-state index contributed by atoms with van der Waals surface area (Å²) in [5, 5.41) is 0. The van der Waals surface area contributed by atoms with E-state index in [1.54, 1.807) is 0 Å². The molecule has 0 saturated heterocycles. The van der Waals surface area contributed by atoms with Gasteiger partial charge in [-0.25, -0.2) is 9.59 Å². The van der Waals surface area contributed by atoms with Crippen LogP contribution in [-0.4, -0.2) is 56.5 Å². The van der Waals surface area contributed by atoms with Gasteiger partial charge in [-0.2, -0.15) is 8.42 Å². The van der Waals surface area contributed by atoms with E-state index in [0.29, 0.717) is 25.7 Å². The summed E-state index contributed by atoms with van der Waals surface area (Å²) < 4.78 is 44.8. The molecule has 0 saturated carbocycles. The molecule has 0 bridgehead atoms. The van der Waals surface area contributed by atoms with Gasteiger partial charge in [0.15, 0.2) is 0 Å². The van der Waals surface area contributed by atoms with Crippen molar-refractivity contribution in [2.45, 2.75) is 39.5 Å². The van der Waals surface area contributed by atoms with Crippen LogP contribution in [0.25, 0.3) is 0 Å². The van der Waals surface area contributed by atoms with E-state index in [9.17, 15) is 22.8 Å². The number of esters is 3. The molecule has 1 N–H and O–H groups in total. The Kier molecular flexibility index (Phi) is 16.2. The Hall–Kier alpha value is -1.20. The van der Waals surface area contributed by atoms with Crippen LogP contribution in [0.3, 0.4) is 0 Å². The quantitative estimate of drug-likeness (QED) is 0.0889. The van der Waals surface area contributed by atoms with Gasteiger partial charge < -0.3 is 15.6 Å². The van der Waals surface area contributed by atoms with Gasteiger partial charge in [-0.05, 0) is 26.7 Å². The van der Waals surface area contributed by atoms with E-state index in [1.165, 1.54) is 13.8 Å². The normalized spacial score (nSPS) is 10.6. The van der Waals surface area contributed by atoms with Crippen LogP contribution >= 0.6 is 0 Å². The zero-order valence-electron chi connectivity index (χ0n) is 18.3. The van der Waals surface area contributed by atoms with Gasteiger partial charge in [-0.3, -0.25) is 9.35 Å². The van der Waals surface area contributed by atoms with Gasteiger partial charge in [0.1, 0.15) is 19.1 Å². The first-order valence-electron chi connectivity index (χ1n) is 8.71. The van der Waals surface area contributed by atoms with Crippen molar-refractivity contribution in [2.75, 3.05) is 25.6 Å². The molecule has 0 aromatic heterocycles. The largest absolute Gasteiger partial charge is 1.00 e. The molecule has 0 aromatic rings. The fourth-order valence-corrected chi connectivity index (χ4v) is 2.38. The molecule has 0 aromatic carbocycles. The molecule has 0 aliphatic heterocycles. The summed E-state index contributed by atoms with van der Waals surface area (Å²) >= 11 is 0. The molecule has 0 aliphatic carbocycles. The first kappa shape index (κ1) is 30.0. The summed E-state index contributed by atoms with van der Waals surface area (Å²) in [6.07, 6.45) is 1.94. The predicted molar refractivity (Wildman–Crippen MR) is 102 cm³/mol. The molecule has 0 aliphatic rings. The Bertz CT molecular complexity index is 662. The summed E-state index contributed by atoms with van der Waals surface area (Å²) in [7, 11) is -3.96. The van der Waals surface area contributed by atoms with Crippen molar-refractivity contribution in [3.8, 4) is 0 Å². The Labute approximate surface area is 195 Å². The van der Waals surface area contributed by atoms with Crippen LogP contribution < -0.4 is 29.6 Å². The van der Waals surface area contributed by atoms with Gasteiger partial charge in [-0.15, -0.1) is 0 Å². The van der Waals surface area contributed by atoms with Crippen LogP contribution in [-0.2, 0) is 38.7 Å². The number of hydrogen-bond donors (Lipinski definition) is 1. The Balaban J connectivity index is -0.00000364. The van der Waals surface area contributed by atoms with E-state index < -0.39 is 33.9 Å². The van der Waals surface area contributed by atoms with Crippen molar-refractivity contribution in [2.24, 2.45) is 5.92 Å². The van der Waals surface area contributed by atoms with Crippen LogP contribution in [0.15, 0.2) is 24.3 Å². The Morgan fingerprint density at radius 1 is 0.897 bits per heavy atom. The second-order valence-electron chi connectivity index (χ2n) is 6.32. The van der Waals surface area contributed by atoms with Crippen LogP contribution in [0.2, 0.25) is 0 Å². The minimum atomic E-state index is -3.96. The van der Waals surface area contributed by atoms with Crippen molar-refractivity contribution in [3.05, 3.63) is 24.3 Å². The smallest absolute Gasteiger partial charge is 1.00 e. The van der Waals surface area contributed by atoms with Gasteiger partial charge in [0.25, 0.3) is 10.1 Å². The van der Waals surface area contributed by atoms with E-state index in [1.807, 2.05) is 0 Å². The monoisotopic (exact) mass is 444 g/mol. The van der Waals surface area contributed by atoms with E-state index in [-0.39, 0.29) is 67.7 Å². The molecule has 0 fully saturated rings. The first-order valence-corrected chi connectivity index (χ1v) is 10.3. The van der Waals surface area contributed by atoms with Crippen molar-refractivity contribution < 1.29 is 72.5 Å². The third-order valence-electron chi connectivity index (χ3n) is 3.40. The molecule has 162 valence electrons. The number of carbonyl (C=O) groups excluding carboxylic acids is 3. The molecule has 29 heavy (non-hydrogen) atoms.